The molecule has 0 N–H and O–H groups in total. The molecular formula is C12H17IO2. The second-order valence-corrected chi connectivity index (χ2v) is 5.24. The zero-order chi connectivity index (χ0) is 11.5. The van der Waals surface area contributed by atoms with Crippen LogP contribution in [0.25, 0.3) is 0 Å². The first-order chi connectivity index (χ1) is 6.95. The van der Waals surface area contributed by atoms with Gasteiger partial charge in [-0.25, -0.2) is 0 Å². The van der Waals surface area contributed by atoms with Gasteiger partial charge in [0.2, 0.25) is 0 Å². The topological polar surface area (TPSA) is 18.5 Å². The third kappa shape index (κ3) is 3.65. The number of halogens is 1. The molecule has 0 aliphatic rings. The van der Waals surface area contributed by atoms with Crippen molar-refractivity contribution >= 4 is 23.0 Å². The zero-order valence-electron chi connectivity index (χ0n) is 9.63. The molecule has 1 aromatic carbocycles. The molecule has 0 saturated heterocycles. The minimum atomic E-state index is 0.0899. The van der Waals surface area contributed by atoms with Crippen LogP contribution in [-0.4, -0.2) is 6.79 Å². The maximum absolute atomic E-state index is 5.54. The molecule has 0 radical (unpaired) electrons. The highest BCUT2D eigenvalue weighted by atomic mass is 127. The Bertz CT molecular complexity index is 329. The van der Waals surface area contributed by atoms with E-state index in [0.29, 0.717) is 0 Å². The molecule has 84 valence electrons. The van der Waals surface area contributed by atoms with E-state index in [0.717, 1.165) is 5.75 Å². The molecule has 0 aromatic heterocycles. The van der Waals surface area contributed by atoms with Crippen molar-refractivity contribution in [2.24, 2.45) is 0 Å². The lowest BCUT2D eigenvalue weighted by Gasteiger charge is -2.23. The molecule has 0 bridgehead atoms. The fourth-order valence-corrected chi connectivity index (χ4v) is 1.57. The lowest BCUT2D eigenvalue weighted by Crippen LogP contribution is -2.14. The van der Waals surface area contributed by atoms with E-state index in [4.69, 9.17) is 7.80 Å². The van der Waals surface area contributed by atoms with Gasteiger partial charge in [-0.2, -0.15) is 0 Å². The maximum Gasteiger partial charge on any atom is 0.200 e. The summed E-state index contributed by atoms with van der Waals surface area (Å²) < 4.78 is 10.4. The van der Waals surface area contributed by atoms with E-state index in [9.17, 15) is 0 Å². The highest BCUT2D eigenvalue weighted by molar-refractivity contribution is 14.1. The monoisotopic (exact) mass is 320 g/mol. The van der Waals surface area contributed by atoms with Crippen LogP contribution in [0.3, 0.4) is 0 Å². The minimum absolute atomic E-state index is 0.0899. The van der Waals surface area contributed by atoms with E-state index < -0.39 is 0 Å². The Morgan fingerprint density at radius 1 is 1.27 bits per heavy atom. The van der Waals surface area contributed by atoms with Gasteiger partial charge in [-0.1, -0.05) is 38.5 Å². The normalized spacial score (nSPS) is 11.5. The van der Waals surface area contributed by atoms with Crippen molar-refractivity contribution in [2.75, 3.05) is 6.79 Å². The van der Waals surface area contributed by atoms with Crippen molar-refractivity contribution in [2.45, 2.75) is 33.1 Å². The van der Waals surface area contributed by atoms with E-state index in [2.05, 4.69) is 39.8 Å². The van der Waals surface area contributed by atoms with Crippen molar-refractivity contribution in [1.29, 1.82) is 0 Å². The molecule has 0 amide bonds. The molecular weight excluding hydrogens is 303 g/mol. The predicted molar refractivity (Wildman–Crippen MR) is 70.5 cm³/mol. The quantitative estimate of drug-likeness (QED) is 0.619. The fraction of sp³-hybridized carbons (Fsp3) is 0.500. The first-order valence-electron chi connectivity index (χ1n) is 4.92. The Hall–Kier alpha value is -0.290. The number of benzene rings is 1. The van der Waals surface area contributed by atoms with Gasteiger partial charge in [0.15, 0.2) is 6.79 Å². The van der Waals surface area contributed by atoms with Crippen LogP contribution in [0, 0.1) is 6.92 Å². The maximum atomic E-state index is 5.54. The molecule has 1 rings (SSSR count). The molecule has 15 heavy (non-hydrogen) atoms. The van der Waals surface area contributed by atoms with E-state index in [1.807, 2.05) is 29.1 Å². The lowest BCUT2D eigenvalue weighted by atomic mass is 9.85. The average molecular weight is 320 g/mol. The summed E-state index contributed by atoms with van der Waals surface area (Å²) in [6.45, 7) is 8.92. The van der Waals surface area contributed by atoms with Crippen LogP contribution in [0.1, 0.15) is 31.9 Å². The summed E-state index contributed by atoms with van der Waals surface area (Å²) in [6.07, 6.45) is 0. The van der Waals surface area contributed by atoms with Crippen LogP contribution in [0.5, 0.6) is 5.75 Å². The van der Waals surface area contributed by atoms with Gasteiger partial charge in [-0.15, -0.1) is 0 Å². The highest BCUT2D eigenvalue weighted by Crippen LogP contribution is 2.32. The Morgan fingerprint density at radius 3 is 2.47 bits per heavy atom. The predicted octanol–water partition coefficient (Wildman–Crippen LogP) is 4.00. The van der Waals surface area contributed by atoms with Crippen molar-refractivity contribution in [3.05, 3.63) is 29.3 Å². The van der Waals surface area contributed by atoms with Gasteiger partial charge >= 0.3 is 0 Å². The molecule has 0 aliphatic carbocycles. The molecule has 0 unspecified atom stereocenters. The van der Waals surface area contributed by atoms with E-state index in [1.54, 1.807) is 0 Å². The lowest BCUT2D eigenvalue weighted by molar-refractivity contribution is 0.162. The molecule has 0 saturated carbocycles. The molecule has 2 nitrogen and oxygen atoms in total. The highest BCUT2D eigenvalue weighted by Gasteiger charge is 2.18. The van der Waals surface area contributed by atoms with Gasteiger partial charge in [0.05, 0.1) is 0 Å². The molecule has 0 heterocycles. The second-order valence-electron chi connectivity index (χ2n) is 4.62. The SMILES string of the molecule is Cc1ccc(OCOI)c(C(C)(C)C)c1. The van der Waals surface area contributed by atoms with Crippen molar-refractivity contribution < 1.29 is 7.80 Å². The third-order valence-electron chi connectivity index (χ3n) is 2.20. The van der Waals surface area contributed by atoms with Crippen LogP contribution < -0.4 is 4.74 Å². The number of hydrogen-bond donors (Lipinski definition) is 0. The summed E-state index contributed by atoms with van der Waals surface area (Å²) in [7, 11) is 0. The Balaban J connectivity index is 3.04. The minimum Gasteiger partial charge on any atom is -0.466 e. The number of hydrogen-bond acceptors (Lipinski definition) is 2. The van der Waals surface area contributed by atoms with Gasteiger partial charge < -0.3 is 4.74 Å². The van der Waals surface area contributed by atoms with E-state index in [1.165, 1.54) is 11.1 Å². The van der Waals surface area contributed by atoms with Gasteiger partial charge in [-0.3, -0.25) is 3.07 Å². The van der Waals surface area contributed by atoms with E-state index in [-0.39, 0.29) is 12.2 Å². The summed E-state index contributed by atoms with van der Waals surface area (Å²) in [4.78, 5) is 0. The summed E-state index contributed by atoms with van der Waals surface area (Å²) in [5.74, 6) is 0.907. The van der Waals surface area contributed by atoms with Gasteiger partial charge in [0, 0.05) is 0 Å². The molecule has 0 fully saturated rings. The van der Waals surface area contributed by atoms with Gasteiger partial charge in [0.1, 0.15) is 28.8 Å². The summed E-state index contributed by atoms with van der Waals surface area (Å²) in [5, 5.41) is 0. The first kappa shape index (κ1) is 12.8. The Labute approximate surface area is 106 Å². The van der Waals surface area contributed by atoms with Crippen LogP contribution >= 0.6 is 23.0 Å². The van der Waals surface area contributed by atoms with Crippen molar-refractivity contribution in [1.82, 2.24) is 0 Å². The van der Waals surface area contributed by atoms with Crippen LogP contribution in [0.4, 0.5) is 0 Å². The molecule has 1 aromatic rings. The van der Waals surface area contributed by atoms with Crippen molar-refractivity contribution in [3.63, 3.8) is 0 Å². The van der Waals surface area contributed by atoms with Crippen LogP contribution in [0.15, 0.2) is 18.2 Å². The number of ether oxygens (including phenoxy) is 1. The summed E-state index contributed by atoms with van der Waals surface area (Å²) in [5.41, 5.74) is 2.56. The molecule has 0 spiro atoms. The average Bonchev–Trinajstić information content (AvgIpc) is 2.14. The van der Waals surface area contributed by atoms with Crippen LogP contribution in [0.2, 0.25) is 0 Å². The van der Waals surface area contributed by atoms with Crippen LogP contribution in [-0.2, 0) is 8.48 Å². The number of aryl methyl sites for hydroxylation is 1. The third-order valence-corrected chi connectivity index (χ3v) is 2.46. The summed E-state index contributed by atoms with van der Waals surface area (Å²) in [6, 6.07) is 6.23. The molecule has 3 heteroatoms. The number of rotatable bonds is 3. The zero-order valence-corrected chi connectivity index (χ0v) is 11.8. The Kier molecular flexibility index (Phi) is 4.40. The molecule has 0 atom stereocenters. The first-order valence-corrected chi connectivity index (χ1v) is 5.80. The van der Waals surface area contributed by atoms with Gasteiger partial charge in [0.25, 0.3) is 0 Å². The smallest absolute Gasteiger partial charge is 0.200 e. The fourth-order valence-electron chi connectivity index (χ4n) is 1.44. The second kappa shape index (κ2) is 5.16. The standard InChI is InChI=1S/C12H17IO2/c1-9-5-6-11(14-8-15-13)10(7-9)12(2,3)4/h5-7H,8H2,1-4H3. The van der Waals surface area contributed by atoms with Crippen molar-refractivity contribution in [3.8, 4) is 5.75 Å². The van der Waals surface area contributed by atoms with Gasteiger partial charge in [-0.05, 0) is 24.0 Å². The Morgan fingerprint density at radius 2 is 1.93 bits per heavy atom. The summed E-state index contributed by atoms with van der Waals surface area (Å²) >= 11 is 1.83. The molecule has 0 aliphatic heterocycles. The largest absolute Gasteiger partial charge is 0.466 e. The van der Waals surface area contributed by atoms with E-state index >= 15 is 0 Å².